The van der Waals surface area contributed by atoms with Crippen molar-refractivity contribution in [3.63, 3.8) is 0 Å². The molecule has 2 rings (SSSR count). The number of hydrogen-bond donors (Lipinski definition) is 3. The van der Waals surface area contributed by atoms with E-state index in [1.807, 2.05) is 0 Å². The summed E-state index contributed by atoms with van der Waals surface area (Å²) in [7, 11) is 1.74. The minimum Gasteiger partial charge on any atom is -0.480 e. The van der Waals surface area contributed by atoms with Gasteiger partial charge >= 0.3 is 12.0 Å². The zero-order chi connectivity index (χ0) is 15.3. The average molecular weight is 295 g/mol. The largest absolute Gasteiger partial charge is 0.480 e. The molecule has 0 aliphatic heterocycles. The van der Waals surface area contributed by atoms with E-state index in [2.05, 4.69) is 20.7 Å². The van der Waals surface area contributed by atoms with Crippen molar-refractivity contribution < 1.29 is 14.7 Å². The number of nitrogens with zero attached hydrogens (tertiary/aromatic N) is 3. The van der Waals surface area contributed by atoms with Crippen molar-refractivity contribution >= 4 is 12.0 Å². The predicted octanol–water partition coefficient (Wildman–Crippen LogP) is 0.792. The topological polar surface area (TPSA) is 109 Å². The number of carbonyl (C=O) groups is 2. The quantitative estimate of drug-likeness (QED) is 0.712. The van der Waals surface area contributed by atoms with Crippen molar-refractivity contribution in [1.29, 1.82) is 0 Å². The van der Waals surface area contributed by atoms with Crippen molar-refractivity contribution in [1.82, 2.24) is 25.4 Å². The van der Waals surface area contributed by atoms with Gasteiger partial charge in [0.25, 0.3) is 0 Å². The van der Waals surface area contributed by atoms with Crippen LogP contribution in [-0.4, -0.2) is 37.4 Å². The van der Waals surface area contributed by atoms with Gasteiger partial charge in [-0.1, -0.05) is 25.7 Å². The molecular weight excluding hydrogens is 274 g/mol. The number of carbonyl (C=O) groups excluding carboxylic acids is 1. The first-order valence-corrected chi connectivity index (χ1v) is 7.16. The van der Waals surface area contributed by atoms with E-state index in [9.17, 15) is 14.7 Å². The maximum atomic E-state index is 12.0. The number of amides is 2. The van der Waals surface area contributed by atoms with E-state index < -0.39 is 17.5 Å². The molecule has 1 heterocycles. The fraction of sp³-hybridized carbons (Fsp3) is 0.692. The molecule has 1 aromatic heterocycles. The molecule has 0 spiro atoms. The fourth-order valence-electron chi connectivity index (χ4n) is 2.61. The minimum atomic E-state index is -1.15. The van der Waals surface area contributed by atoms with Crippen molar-refractivity contribution in [3.8, 4) is 0 Å². The van der Waals surface area contributed by atoms with Gasteiger partial charge in [-0.25, -0.2) is 14.6 Å². The second-order valence-corrected chi connectivity index (χ2v) is 5.44. The summed E-state index contributed by atoms with van der Waals surface area (Å²) in [6.07, 6.45) is 6.13. The third-order valence-electron chi connectivity index (χ3n) is 3.77. The molecule has 0 bridgehead atoms. The lowest BCUT2D eigenvalue weighted by atomic mass is 9.90. The monoisotopic (exact) mass is 295 g/mol. The first kappa shape index (κ1) is 15.3. The van der Waals surface area contributed by atoms with Gasteiger partial charge in [-0.2, -0.15) is 5.10 Å². The van der Waals surface area contributed by atoms with Gasteiger partial charge < -0.3 is 15.7 Å². The number of urea groups is 1. The number of carboxylic acids is 1. The maximum absolute atomic E-state index is 12.0. The van der Waals surface area contributed by atoms with Crippen LogP contribution in [0.5, 0.6) is 0 Å². The van der Waals surface area contributed by atoms with Gasteiger partial charge in [0.05, 0.1) is 6.54 Å². The molecule has 0 saturated heterocycles. The summed E-state index contributed by atoms with van der Waals surface area (Å²) in [5.74, 6) is -0.478. The van der Waals surface area contributed by atoms with E-state index in [1.165, 1.54) is 0 Å². The van der Waals surface area contributed by atoms with Crippen LogP contribution in [0.25, 0.3) is 0 Å². The molecule has 1 saturated carbocycles. The summed E-state index contributed by atoms with van der Waals surface area (Å²) in [6, 6.07) is -0.494. The van der Waals surface area contributed by atoms with Gasteiger partial charge in [0.1, 0.15) is 11.9 Å². The van der Waals surface area contributed by atoms with E-state index in [4.69, 9.17) is 0 Å². The first-order chi connectivity index (χ1) is 10.0. The highest BCUT2D eigenvalue weighted by Crippen LogP contribution is 2.27. The normalized spacial score (nSPS) is 17.8. The second kappa shape index (κ2) is 6.55. The van der Waals surface area contributed by atoms with Gasteiger partial charge in [0.2, 0.25) is 0 Å². The summed E-state index contributed by atoms with van der Waals surface area (Å²) < 4.78 is 1.54. The summed E-state index contributed by atoms with van der Waals surface area (Å²) in [5.41, 5.74) is -1.15. The first-order valence-electron chi connectivity index (χ1n) is 7.16. The third-order valence-corrected chi connectivity index (χ3v) is 3.77. The van der Waals surface area contributed by atoms with Crippen LogP contribution in [0, 0.1) is 0 Å². The Labute approximate surface area is 122 Å². The molecule has 21 heavy (non-hydrogen) atoms. The van der Waals surface area contributed by atoms with Crippen LogP contribution in [0.4, 0.5) is 4.79 Å². The van der Waals surface area contributed by atoms with Crippen molar-refractivity contribution in [2.45, 2.75) is 50.6 Å². The minimum absolute atomic E-state index is 0.169. The molecule has 1 aromatic rings. The highest BCUT2D eigenvalue weighted by molar-refractivity contribution is 5.86. The number of aromatic nitrogens is 3. The van der Waals surface area contributed by atoms with Crippen LogP contribution in [0.2, 0.25) is 0 Å². The Morgan fingerprint density at radius 2 is 2.00 bits per heavy atom. The molecule has 0 aromatic carbocycles. The molecule has 1 fully saturated rings. The molecule has 0 unspecified atom stereocenters. The molecule has 116 valence electrons. The van der Waals surface area contributed by atoms with Gasteiger partial charge in [-0.05, 0) is 12.8 Å². The SMILES string of the molecule is Cn1cnc(CNC(=O)NC2(C(=O)O)CCCCCC2)n1. The Hall–Kier alpha value is -2.12. The molecule has 8 nitrogen and oxygen atoms in total. The van der Waals surface area contributed by atoms with E-state index in [0.717, 1.165) is 25.7 Å². The van der Waals surface area contributed by atoms with Crippen LogP contribution < -0.4 is 10.6 Å². The molecule has 1 aliphatic rings. The number of nitrogens with one attached hydrogen (secondary N) is 2. The number of carboxylic acid groups (broad SMARTS) is 1. The molecule has 0 atom stereocenters. The maximum Gasteiger partial charge on any atom is 0.329 e. The Balaban J connectivity index is 1.93. The summed E-state index contributed by atoms with van der Waals surface area (Å²) in [6.45, 7) is 0.169. The fourth-order valence-corrected chi connectivity index (χ4v) is 2.61. The van der Waals surface area contributed by atoms with Crippen LogP contribution in [0.15, 0.2) is 6.33 Å². The van der Waals surface area contributed by atoms with Crippen LogP contribution in [0.3, 0.4) is 0 Å². The summed E-state index contributed by atoms with van der Waals surface area (Å²) in [4.78, 5) is 27.5. The van der Waals surface area contributed by atoms with Crippen LogP contribution in [0.1, 0.15) is 44.3 Å². The zero-order valence-corrected chi connectivity index (χ0v) is 12.1. The molecule has 2 amide bonds. The number of hydrogen-bond acceptors (Lipinski definition) is 4. The van der Waals surface area contributed by atoms with E-state index in [-0.39, 0.29) is 6.54 Å². The zero-order valence-electron chi connectivity index (χ0n) is 12.1. The second-order valence-electron chi connectivity index (χ2n) is 5.44. The molecular formula is C13H21N5O3. The van der Waals surface area contributed by atoms with Gasteiger partial charge in [-0.3, -0.25) is 4.68 Å². The number of aryl methyl sites for hydroxylation is 1. The Morgan fingerprint density at radius 3 is 2.52 bits per heavy atom. The van der Waals surface area contributed by atoms with E-state index >= 15 is 0 Å². The molecule has 1 aliphatic carbocycles. The average Bonchev–Trinajstić information content (AvgIpc) is 2.71. The Bertz CT molecular complexity index is 506. The lowest BCUT2D eigenvalue weighted by Crippen LogP contribution is -2.56. The van der Waals surface area contributed by atoms with Crippen molar-refractivity contribution in [2.75, 3.05) is 0 Å². The van der Waals surface area contributed by atoms with Crippen molar-refractivity contribution in [3.05, 3.63) is 12.2 Å². The lowest BCUT2D eigenvalue weighted by molar-refractivity contribution is -0.145. The Kier molecular flexibility index (Phi) is 4.77. The lowest BCUT2D eigenvalue weighted by Gasteiger charge is -2.29. The molecule has 0 radical (unpaired) electrons. The summed E-state index contributed by atoms with van der Waals surface area (Å²) >= 11 is 0. The highest BCUT2D eigenvalue weighted by Gasteiger charge is 2.40. The van der Waals surface area contributed by atoms with Gasteiger partial charge in [0, 0.05) is 7.05 Å². The van der Waals surface area contributed by atoms with Gasteiger partial charge in [0.15, 0.2) is 5.82 Å². The highest BCUT2D eigenvalue weighted by atomic mass is 16.4. The van der Waals surface area contributed by atoms with E-state index in [0.29, 0.717) is 18.7 Å². The van der Waals surface area contributed by atoms with Gasteiger partial charge in [-0.15, -0.1) is 0 Å². The molecule has 8 heteroatoms. The van der Waals surface area contributed by atoms with E-state index in [1.54, 1.807) is 18.1 Å². The molecule has 3 N–H and O–H groups in total. The smallest absolute Gasteiger partial charge is 0.329 e. The number of aliphatic carboxylic acids is 1. The summed E-state index contributed by atoms with van der Waals surface area (Å²) in [5, 5.41) is 18.8. The van der Waals surface area contributed by atoms with Crippen molar-refractivity contribution in [2.24, 2.45) is 7.05 Å². The number of rotatable bonds is 4. The van der Waals surface area contributed by atoms with Crippen LogP contribution in [-0.2, 0) is 18.4 Å². The standard InChI is InChI=1S/C13H21N5O3/c1-18-9-15-10(17-18)8-14-12(21)16-13(11(19)20)6-4-2-3-5-7-13/h9H,2-8H2,1H3,(H,19,20)(H2,14,16,21). The van der Waals surface area contributed by atoms with Crippen LogP contribution >= 0.6 is 0 Å². The third kappa shape index (κ3) is 3.93. The Morgan fingerprint density at radius 1 is 1.33 bits per heavy atom. The predicted molar refractivity (Wildman–Crippen MR) is 74.4 cm³/mol.